The second kappa shape index (κ2) is 6.71. The van der Waals surface area contributed by atoms with Gasteiger partial charge in [0.1, 0.15) is 0 Å². The number of nitrogens with zero attached hydrogens (tertiary/aromatic N) is 2. The lowest BCUT2D eigenvalue weighted by Gasteiger charge is -2.35. The summed E-state index contributed by atoms with van der Waals surface area (Å²) in [4.78, 5) is 6.89. The Kier molecular flexibility index (Phi) is 4.96. The Morgan fingerprint density at radius 3 is 3.11 bits per heavy atom. The van der Waals surface area contributed by atoms with Gasteiger partial charge in [0.2, 0.25) is 5.88 Å². The van der Waals surface area contributed by atoms with Crippen molar-refractivity contribution in [1.82, 2.24) is 9.88 Å². The van der Waals surface area contributed by atoms with E-state index in [-0.39, 0.29) is 6.61 Å². The topological polar surface area (TPSA) is 45.6 Å². The first kappa shape index (κ1) is 13.3. The number of aliphatic hydroxyl groups is 1. The molecule has 2 rings (SSSR count). The standard InChI is InChI=1S/C14H22N2O2/c1-18-14-7-4-5-12(15-14)11-16-9-3-2-6-13(16)8-10-17/h4-5,7,13,17H,2-3,6,8-11H2,1H3. The summed E-state index contributed by atoms with van der Waals surface area (Å²) in [6.45, 7) is 2.22. The molecule has 1 aromatic heterocycles. The predicted octanol–water partition coefficient (Wildman–Crippen LogP) is 1.83. The van der Waals surface area contributed by atoms with Gasteiger partial charge in [-0.05, 0) is 31.9 Å². The van der Waals surface area contributed by atoms with Crippen LogP contribution in [0.2, 0.25) is 0 Å². The molecule has 0 bridgehead atoms. The van der Waals surface area contributed by atoms with Crippen LogP contribution in [-0.4, -0.2) is 41.3 Å². The van der Waals surface area contributed by atoms with Crippen LogP contribution in [0.15, 0.2) is 18.2 Å². The van der Waals surface area contributed by atoms with Crippen LogP contribution in [-0.2, 0) is 6.54 Å². The zero-order valence-electron chi connectivity index (χ0n) is 11.0. The van der Waals surface area contributed by atoms with Gasteiger partial charge < -0.3 is 9.84 Å². The summed E-state index contributed by atoms with van der Waals surface area (Å²) in [5.41, 5.74) is 1.04. The lowest BCUT2D eigenvalue weighted by Crippen LogP contribution is -2.39. The molecule has 1 N–H and O–H groups in total. The van der Waals surface area contributed by atoms with Crippen LogP contribution in [0, 0.1) is 0 Å². The number of piperidine rings is 1. The van der Waals surface area contributed by atoms with E-state index in [9.17, 15) is 0 Å². The molecule has 1 aliphatic heterocycles. The van der Waals surface area contributed by atoms with Crippen molar-refractivity contribution >= 4 is 0 Å². The average Bonchev–Trinajstić information content (AvgIpc) is 2.41. The van der Waals surface area contributed by atoms with Crippen molar-refractivity contribution in [2.75, 3.05) is 20.3 Å². The minimum absolute atomic E-state index is 0.271. The van der Waals surface area contributed by atoms with E-state index >= 15 is 0 Å². The van der Waals surface area contributed by atoms with Gasteiger partial charge in [-0.25, -0.2) is 4.98 Å². The number of aliphatic hydroxyl groups excluding tert-OH is 1. The fraction of sp³-hybridized carbons (Fsp3) is 0.643. The molecule has 100 valence electrons. The molecule has 0 saturated carbocycles. The minimum atomic E-state index is 0.271. The first-order valence-corrected chi connectivity index (χ1v) is 6.68. The Balaban J connectivity index is 2.01. The van der Waals surface area contributed by atoms with E-state index in [1.807, 2.05) is 18.2 Å². The summed E-state index contributed by atoms with van der Waals surface area (Å²) in [5.74, 6) is 0.670. The summed E-state index contributed by atoms with van der Waals surface area (Å²) in [6, 6.07) is 6.38. The molecule has 0 aliphatic carbocycles. The van der Waals surface area contributed by atoms with Gasteiger partial charge in [-0.15, -0.1) is 0 Å². The van der Waals surface area contributed by atoms with E-state index in [1.54, 1.807) is 7.11 Å². The predicted molar refractivity (Wildman–Crippen MR) is 70.5 cm³/mol. The molecule has 0 radical (unpaired) electrons. The van der Waals surface area contributed by atoms with E-state index < -0.39 is 0 Å². The van der Waals surface area contributed by atoms with Crippen molar-refractivity contribution in [3.63, 3.8) is 0 Å². The van der Waals surface area contributed by atoms with Crippen molar-refractivity contribution in [2.24, 2.45) is 0 Å². The second-order valence-electron chi connectivity index (χ2n) is 4.80. The van der Waals surface area contributed by atoms with Gasteiger partial charge in [-0.2, -0.15) is 0 Å². The van der Waals surface area contributed by atoms with Crippen LogP contribution >= 0.6 is 0 Å². The SMILES string of the molecule is COc1cccc(CN2CCCCC2CCO)n1. The molecule has 1 aliphatic rings. The number of aromatic nitrogens is 1. The Morgan fingerprint density at radius 2 is 2.33 bits per heavy atom. The lowest BCUT2D eigenvalue weighted by atomic mass is 9.99. The maximum Gasteiger partial charge on any atom is 0.213 e. The van der Waals surface area contributed by atoms with Gasteiger partial charge >= 0.3 is 0 Å². The molecular formula is C14H22N2O2. The Bertz CT molecular complexity index is 369. The van der Waals surface area contributed by atoms with Crippen LogP contribution < -0.4 is 4.74 Å². The third-order valence-corrected chi connectivity index (χ3v) is 3.57. The molecular weight excluding hydrogens is 228 g/mol. The molecule has 1 fully saturated rings. The highest BCUT2D eigenvalue weighted by Gasteiger charge is 2.22. The largest absolute Gasteiger partial charge is 0.481 e. The Labute approximate surface area is 109 Å². The van der Waals surface area contributed by atoms with E-state index in [0.29, 0.717) is 11.9 Å². The van der Waals surface area contributed by atoms with Crippen molar-refractivity contribution in [2.45, 2.75) is 38.3 Å². The maximum absolute atomic E-state index is 9.12. The van der Waals surface area contributed by atoms with Crippen LogP contribution in [0.1, 0.15) is 31.4 Å². The van der Waals surface area contributed by atoms with E-state index in [2.05, 4.69) is 9.88 Å². The maximum atomic E-state index is 9.12. The van der Waals surface area contributed by atoms with E-state index in [0.717, 1.165) is 25.2 Å². The molecule has 1 saturated heterocycles. The van der Waals surface area contributed by atoms with Crippen LogP contribution in [0.4, 0.5) is 0 Å². The summed E-state index contributed by atoms with van der Waals surface area (Å²) < 4.78 is 5.15. The van der Waals surface area contributed by atoms with Gasteiger partial charge in [0.15, 0.2) is 0 Å². The fourth-order valence-corrected chi connectivity index (χ4v) is 2.61. The molecule has 1 unspecified atom stereocenters. The Hall–Kier alpha value is -1.13. The summed E-state index contributed by atoms with van der Waals surface area (Å²) in [6.07, 6.45) is 4.56. The summed E-state index contributed by atoms with van der Waals surface area (Å²) in [5, 5.41) is 9.12. The second-order valence-corrected chi connectivity index (χ2v) is 4.80. The van der Waals surface area contributed by atoms with Crippen LogP contribution in [0.25, 0.3) is 0 Å². The van der Waals surface area contributed by atoms with Gasteiger partial charge in [0.05, 0.1) is 12.8 Å². The molecule has 4 nitrogen and oxygen atoms in total. The lowest BCUT2D eigenvalue weighted by molar-refractivity contribution is 0.111. The Morgan fingerprint density at radius 1 is 1.44 bits per heavy atom. The van der Waals surface area contributed by atoms with Gasteiger partial charge in [0, 0.05) is 25.3 Å². The van der Waals surface area contributed by atoms with E-state index in [1.165, 1.54) is 19.3 Å². The van der Waals surface area contributed by atoms with Crippen LogP contribution in [0.5, 0.6) is 5.88 Å². The molecule has 0 amide bonds. The summed E-state index contributed by atoms with van der Waals surface area (Å²) >= 11 is 0. The molecule has 0 aromatic carbocycles. The zero-order chi connectivity index (χ0) is 12.8. The number of pyridine rings is 1. The van der Waals surface area contributed by atoms with Crippen LogP contribution in [0.3, 0.4) is 0 Å². The monoisotopic (exact) mass is 250 g/mol. The van der Waals surface area contributed by atoms with Crippen molar-refractivity contribution in [3.8, 4) is 5.88 Å². The number of rotatable bonds is 5. The third kappa shape index (κ3) is 3.43. The average molecular weight is 250 g/mol. The number of hydrogen-bond acceptors (Lipinski definition) is 4. The zero-order valence-corrected chi connectivity index (χ0v) is 11.0. The number of hydrogen-bond donors (Lipinski definition) is 1. The highest BCUT2D eigenvalue weighted by molar-refractivity contribution is 5.15. The van der Waals surface area contributed by atoms with Crippen molar-refractivity contribution in [3.05, 3.63) is 23.9 Å². The normalized spacial score (nSPS) is 20.9. The molecule has 4 heteroatoms. The van der Waals surface area contributed by atoms with Crippen molar-refractivity contribution in [1.29, 1.82) is 0 Å². The van der Waals surface area contributed by atoms with Gasteiger partial charge in [0.25, 0.3) is 0 Å². The quantitative estimate of drug-likeness (QED) is 0.866. The number of methoxy groups -OCH3 is 1. The highest BCUT2D eigenvalue weighted by atomic mass is 16.5. The van der Waals surface area contributed by atoms with Crippen molar-refractivity contribution < 1.29 is 9.84 Å². The smallest absolute Gasteiger partial charge is 0.213 e. The fourth-order valence-electron chi connectivity index (χ4n) is 2.61. The van der Waals surface area contributed by atoms with Gasteiger partial charge in [-0.1, -0.05) is 12.5 Å². The number of ether oxygens (including phenoxy) is 1. The first-order valence-electron chi connectivity index (χ1n) is 6.68. The first-order chi connectivity index (χ1) is 8.83. The molecule has 1 aromatic rings. The third-order valence-electron chi connectivity index (χ3n) is 3.57. The van der Waals surface area contributed by atoms with E-state index in [4.69, 9.17) is 9.84 Å². The molecule has 18 heavy (non-hydrogen) atoms. The summed E-state index contributed by atoms with van der Waals surface area (Å²) in [7, 11) is 1.64. The molecule has 2 heterocycles. The highest BCUT2D eigenvalue weighted by Crippen LogP contribution is 2.21. The molecule has 1 atom stereocenters. The number of likely N-dealkylation sites (tertiary alicyclic amines) is 1. The minimum Gasteiger partial charge on any atom is -0.481 e. The van der Waals surface area contributed by atoms with Gasteiger partial charge in [-0.3, -0.25) is 4.90 Å². The molecule has 0 spiro atoms.